The molecule has 2 rings (SSSR count). The molecule has 0 radical (unpaired) electrons. The number of pyridine rings is 1. The number of benzene rings is 1. The van der Waals surface area contributed by atoms with Crippen LogP contribution in [0, 0.1) is 0 Å². The van der Waals surface area contributed by atoms with E-state index in [9.17, 15) is 5.11 Å². The summed E-state index contributed by atoms with van der Waals surface area (Å²) >= 11 is 0. The highest BCUT2D eigenvalue weighted by Crippen LogP contribution is 2.29. The van der Waals surface area contributed by atoms with Crippen molar-refractivity contribution < 1.29 is 14.8 Å². The molecule has 0 saturated carbocycles. The van der Waals surface area contributed by atoms with E-state index in [0.717, 1.165) is 0 Å². The minimum absolute atomic E-state index is 0.171. The largest absolute Gasteiger partial charge is 0.504 e. The molecule has 0 bridgehead atoms. The highest BCUT2D eigenvalue weighted by Gasteiger charge is 2.00. The van der Waals surface area contributed by atoms with E-state index in [-0.39, 0.29) is 11.5 Å². The van der Waals surface area contributed by atoms with Gasteiger partial charge in [0, 0.05) is 12.1 Å². The zero-order chi connectivity index (χ0) is 12.3. The van der Waals surface area contributed by atoms with Crippen molar-refractivity contribution in [3.63, 3.8) is 0 Å². The molecular formula is C12H12N3O2+. The molecule has 1 heterocycles. The van der Waals surface area contributed by atoms with Crippen LogP contribution in [0.15, 0.2) is 53.0 Å². The first-order valence-electron chi connectivity index (χ1n) is 5.04. The SMILES string of the molecule is C[n+]1cccc(N=Nc2ccc(O)c(O)c2)c1. The van der Waals surface area contributed by atoms with Gasteiger partial charge in [-0.05, 0) is 18.2 Å². The number of azo groups is 1. The predicted octanol–water partition coefficient (Wildman–Crippen LogP) is 2.34. The summed E-state index contributed by atoms with van der Waals surface area (Å²) in [7, 11) is 1.89. The Kier molecular flexibility index (Phi) is 3.00. The Morgan fingerprint density at radius 2 is 1.76 bits per heavy atom. The molecule has 0 amide bonds. The molecule has 0 unspecified atom stereocenters. The minimum atomic E-state index is -0.208. The van der Waals surface area contributed by atoms with E-state index in [0.29, 0.717) is 11.4 Å². The summed E-state index contributed by atoms with van der Waals surface area (Å²) in [5.74, 6) is -0.380. The summed E-state index contributed by atoms with van der Waals surface area (Å²) in [6.07, 6.45) is 3.72. The van der Waals surface area contributed by atoms with Crippen LogP contribution in [0.25, 0.3) is 0 Å². The molecule has 1 aromatic heterocycles. The summed E-state index contributed by atoms with van der Waals surface area (Å²) in [6, 6.07) is 7.98. The van der Waals surface area contributed by atoms with E-state index >= 15 is 0 Å². The van der Waals surface area contributed by atoms with Crippen LogP contribution in [-0.2, 0) is 7.05 Å². The highest BCUT2D eigenvalue weighted by molar-refractivity contribution is 5.50. The number of phenols is 2. The highest BCUT2D eigenvalue weighted by atomic mass is 16.3. The molecule has 0 atom stereocenters. The van der Waals surface area contributed by atoms with Crippen LogP contribution in [0.1, 0.15) is 0 Å². The molecule has 0 spiro atoms. The van der Waals surface area contributed by atoms with E-state index in [4.69, 9.17) is 5.11 Å². The third-order valence-electron chi connectivity index (χ3n) is 2.16. The van der Waals surface area contributed by atoms with E-state index in [2.05, 4.69) is 10.2 Å². The fourth-order valence-electron chi connectivity index (χ4n) is 1.32. The average molecular weight is 230 g/mol. The maximum Gasteiger partial charge on any atom is 0.196 e. The number of phenolic OH excluding ortho intramolecular Hbond substituents is 2. The zero-order valence-corrected chi connectivity index (χ0v) is 9.28. The van der Waals surface area contributed by atoms with Gasteiger partial charge in [0.05, 0.1) is 5.69 Å². The molecule has 2 N–H and O–H groups in total. The molecule has 1 aromatic carbocycles. The van der Waals surface area contributed by atoms with Gasteiger partial charge in [-0.1, -0.05) is 0 Å². The smallest absolute Gasteiger partial charge is 0.196 e. The van der Waals surface area contributed by atoms with Gasteiger partial charge in [-0.15, -0.1) is 5.11 Å². The molecule has 0 aliphatic carbocycles. The third-order valence-corrected chi connectivity index (χ3v) is 2.16. The fourth-order valence-corrected chi connectivity index (χ4v) is 1.32. The predicted molar refractivity (Wildman–Crippen MR) is 61.6 cm³/mol. The Balaban J connectivity index is 2.23. The zero-order valence-electron chi connectivity index (χ0n) is 9.28. The number of aromatic hydroxyl groups is 2. The summed E-state index contributed by atoms with van der Waals surface area (Å²) in [6.45, 7) is 0. The van der Waals surface area contributed by atoms with E-state index in [1.54, 1.807) is 6.07 Å². The first kappa shape index (κ1) is 11.1. The Morgan fingerprint density at radius 3 is 2.47 bits per heavy atom. The molecule has 5 nitrogen and oxygen atoms in total. The lowest BCUT2D eigenvalue weighted by Crippen LogP contribution is -2.25. The van der Waals surface area contributed by atoms with Crippen molar-refractivity contribution in [3.8, 4) is 11.5 Å². The second-order valence-corrected chi connectivity index (χ2v) is 3.60. The van der Waals surface area contributed by atoms with Gasteiger partial charge in [0.2, 0.25) is 0 Å². The summed E-state index contributed by atoms with van der Waals surface area (Å²) in [4.78, 5) is 0. The number of hydrogen-bond acceptors (Lipinski definition) is 4. The standard InChI is InChI=1S/C12H11N3O2/c1-15-6-2-3-10(8-15)14-13-9-4-5-11(16)12(17)7-9/h2-8H,1H3,(H-,13,14,16,17)/p+1. The lowest BCUT2D eigenvalue weighted by Gasteiger charge is -1.97. The maximum absolute atomic E-state index is 9.29. The molecule has 5 heteroatoms. The van der Waals surface area contributed by atoms with Crippen LogP contribution < -0.4 is 4.57 Å². The normalized spacial score (nSPS) is 10.9. The van der Waals surface area contributed by atoms with Crippen molar-refractivity contribution in [1.29, 1.82) is 0 Å². The monoisotopic (exact) mass is 230 g/mol. The van der Waals surface area contributed by atoms with E-state index in [1.165, 1.54) is 12.1 Å². The Hall–Kier alpha value is -2.43. The molecule has 86 valence electrons. The lowest BCUT2D eigenvalue weighted by atomic mass is 10.3. The van der Waals surface area contributed by atoms with Gasteiger partial charge in [-0.25, -0.2) is 4.57 Å². The topological polar surface area (TPSA) is 69.1 Å². The van der Waals surface area contributed by atoms with Gasteiger partial charge >= 0.3 is 0 Å². The Labute approximate surface area is 98.3 Å². The quantitative estimate of drug-likeness (QED) is 0.472. The minimum Gasteiger partial charge on any atom is -0.504 e. The van der Waals surface area contributed by atoms with Crippen LogP contribution >= 0.6 is 0 Å². The summed E-state index contributed by atoms with van der Waals surface area (Å²) < 4.78 is 1.86. The Morgan fingerprint density at radius 1 is 1.00 bits per heavy atom. The molecule has 17 heavy (non-hydrogen) atoms. The first-order chi connectivity index (χ1) is 8.15. The van der Waals surface area contributed by atoms with Crippen LogP contribution in [0.4, 0.5) is 11.4 Å². The van der Waals surface area contributed by atoms with Gasteiger partial charge in [-0.3, -0.25) is 0 Å². The average Bonchev–Trinajstić information content (AvgIpc) is 2.31. The van der Waals surface area contributed by atoms with Crippen molar-refractivity contribution in [2.75, 3.05) is 0 Å². The second kappa shape index (κ2) is 4.61. The maximum atomic E-state index is 9.29. The van der Waals surface area contributed by atoms with Crippen molar-refractivity contribution in [1.82, 2.24) is 0 Å². The molecule has 0 aliphatic rings. The van der Waals surface area contributed by atoms with Crippen LogP contribution in [0.3, 0.4) is 0 Å². The van der Waals surface area contributed by atoms with Crippen molar-refractivity contribution in [2.45, 2.75) is 0 Å². The van der Waals surface area contributed by atoms with Crippen LogP contribution in [-0.4, -0.2) is 10.2 Å². The Bertz CT molecular complexity index is 567. The molecule has 0 aliphatic heterocycles. The molecule has 2 aromatic rings. The number of aryl methyl sites for hydroxylation is 1. The van der Waals surface area contributed by atoms with E-state index in [1.807, 2.05) is 36.1 Å². The first-order valence-corrected chi connectivity index (χ1v) is 5.04. The third kappa shape index (κ3) is 2.78. The van der Waals surface area contributed by atoms with Crippen molar-refractivity contribution >= 4 is 11.4 Å². The second-order valence-electron chi connectivity index (χ2n) is 3.60. The van der Waals surface area contributed by atoms with Crippen molar-refractivity contribution in [2.24, 2.45) is 17.3 Å². The summed E-state index contributed by atoms with van der Waals surface area (Å²) in [5.41, 5.74) is 1.19. The van der Waals surface area contributed by atoms with Crippen molar-refractivity contribution in [3.05, 3.63) is 42.7 Å². The lowest BCUT2D eigenvalue weighted by molar-refractivity contribution is -0.670. The molecular weight excluding hydrogens is 218 g/mol. The number of aromatic nitrogens is 1. The summed E-state index contributed by atoms with van der Waals surface area (Å²) in [5, 5.41) is 26.4. The number of nitrogens with zero attached hydrogens (tertiary/aromatic N) is 3. The number of rotatable bonds is 2. The van der Waals surface area contributed by atoms with Gasteiger partial charge in [0.15, 0.2) is 23.9 Å². The van der Waals surface area contributed by atoms with Gasteiger partial charge in [-0.2, -0.15) is 5.11 Å². The van der Waals surface area contributed by atoms with E-state index < -0.39 is 0 Å². The van der Waals surface area contributed by atoms with Crippen LogP contribution in [0.5, 0.6) is 11.5 Å². The molecule has 0 fully saturated rings. The van der Waals surface area contributed by atoms with Crippen LogP contribution in [0.2, 0.25) is 0 Å². The van der Waals surface area contributed by atoms with Gasteiger partial charge in [0.1, 0.15) is 12.7 Å². The molecule has 0 saturated heterocycles. The van der Waals surface area contributed by atoms with Gasteiger partial charge in [0.25, 0.3) is 0 Å². The number of hydrogen-bond donors (Lipinski definition) is 2. The van der Waals surface area contributed by atoms with Gasteiger partial charge < -0.3 is 10.2 Å². The fraction of sp³-hybridized carbons (Fsp3) is 0.0833.